The SMILES string of the molecule is COc1cc(C=O)c(OCC2(C)CN3C=CC=C(C(=O)O)C3=N2)cn1. The van der Waals surface area contributed by atoms with Crippen molar-refractivity contribution >= 4 is 18.1 Å². The number of aromatic nitrogens is 1. The summed E-state index contributed by atoms with van der Waals surface area (Å²) in [7, 11) is 1.46. The fraction of sp³-hybridized carbons (Fsp3) is 0.294. The Morgan fingerprint density at radius 3 is 3.00 bits per heavy atom. The highest BCUT2D eigenvalue weighted by atomic mass is 16.5. The zero-order valence-electron chi connectivity index (χ0n) is 13.8. The summed E-state index contributed by atoms with van der Waals surface area (Å²) in [5.74, 6) is 0.0253. The highest BCUT2D eigenvalue weighted by molar-refractivity contribution is 6.19. The summed E-state index contributed by atoms with van der Waals surface area (Å²) in [4.78, 5) is 32.9. The van der Waals surface area contributed by atoms with E-state index in [-0.39, 0.29) is 12.2 Å². The van der Waals surface area contributed by atoms with Crippen molar-refractivity contribution in [1.82, 2.24) is 9.88 Å². The van der Waals surface area contributed by atoms with Crippen molar-refractivity contribution in [3.05, 3.63) is 41.8 Å². The van der Waals surface area contributed by atoms with Gasteiger partial charge in [-0.1, -0.05) is 0 Å². The van der Waals surface area contributed by atoms with Gasteiger partial charge in [-0.2, -0.15) is 0 Å². The largest absolute Gasteiger partial charge is 0.489 e. The first-order chi connectivity index (χ1) is 12.0. The number of aliphatic carboxylic acids is 1. The number of methoxy groups -OCH3 is 1. The number of carbonyl (C=O) groups excluding carboxylic acids is 1. The van der Waals surface area contributed by atoms with Gasteiger partial charge in [0.2, 0.25) is 5.88 Å². The number of aliphatic imine (C=N–C) groups is 1. The second-order valence-corrected chi connectivity index (χ2v) is 5.96. The highest BCUT2D eigenvalue weighted by Crippen LogP contribution is 2.28. The maximum absolute atomic E-state index is 11.3. The molecule has 3 rings (SSSR count). The Labute approximate surface area is 144 Å². The molecule has 1 aromatic heterocycles. The van der Waals surface area contributed by atoms with Crippen LogP contribution in [0.15, 0.2) is 41.2 Å². The van der Waals surface area contributed by atoms with Crippen LogP contribution in [-0.2, 0) is 4.79 Å². The minimum Gasteiger partial charge on any atom is -0.489 e. The molecule has 2 aliphatic rings. The van der Waals surface area contributed by atoms with Crippen LogP contribution in [0.25, 0.3) is 0 Å². The Hall–Kier alpha value is -3.16. The van der Waals surface area contributed by atoms with E-state index in [1.165, 1.54) is 25.4 Å². The van der Waals surface area contributed by atoms with Gasteiger partial charge in [-0.05, 0) is 19.1 Å². The zero-order chi connectivity index (χ0) is 18.0. The van der Waals surface area contributed by atoms with Crippen LogP contribution < -0.4 is 9.47 Å². The van der Waals surface area contributed by atoms with Crippen LogP contribution in [0.5, 0.6) is 11.6 Å². The first-order valence-electron chi connectivity index (χ1n) is 7.56. The fourth-order valence-electron chi connectivity index (χ4n) is 2.69. The lowest BCUT2D eigenvalue weighted by Crippen LogP contribution is -2.37. The third-order valence-corrected chi connectivity index (χ3v) is 3.91. The second-order valence-electron chi connectivity index (χ2n) is 5.96. The van der Waals surface area contributed by atoms with Gasteiger partial charge in [-0.3, -0.25) is 9.79 Å². The lowest BCUT2D eigenvalue weighted by molar-refractivity contribution is -0.132. The van der Waals surface area contributed by atoms with Gasteiger partial charge in [0.05, 0.1) is 25.4 Å². The van der Waals surface area contributed by atoms with Crippen molar-refractivity contribution in [3.63, 3.8) is 0 Å². The van der Waals surface area contributed by atoms with Crippen LogP contribution >= 0.6 is 0 Å². The summed E-state index contributed by atoms with van der Waals surface area (Å²) in [6.45, 7) is 2.51. The van der Waals surface area contributed by atoms with E-state index in [9.17, 15) is 14.7 Å². The van der Waals surface area contributed by atoms with Gasteiger partial charge >= 0.3 is 5.97 Å². The lowest BCUT2D eigenvalue weighted by atomic mass is 10.1. The predicted molar refractivity (Wildman–Crippen MR) is 89.1 cm³/mol. The van der Waals surface area contributed by atoms with Gasteiger partial charge in [-0.25, -0.2) is 9.78 Å². The normalized spacial score (nSPS) is 21.3. The number of pyridine rings is 1. The molecule has 0 bridgehead atoms. The van der Waals surface area contributed by atoms with E-state index >= 15 is 0 Å². The Bertz CT molecular complexity index is 815. The number of amidine groups is 1. The molecule has 0 saturated heterocycles. The maximum Gasteiger partial charge on any atom is 0.339 e. The van der Waals surface area contributed by atoms with Crippen molar-refractivity contribution in [2.45, 2.75) is 12.5 Å². The van der Waals surface area contributed by atoms with Crippen LogP contribution in [0, 0.1) is 0 Å². The molecule has 0 aliphatic carbocycles. The van der Waals surface area contributed by atoms with Crippen LogP contribution in [0.4, 0.5) is 0 Å². The van der Waals surface area contributed by atoms with E-state index in [4.69, 9.17) is 9.47 Å². The minimum atomic E-state index is -1.03. The molecule has 25 heavy (non-hydrogen) atoms. The third kappa shape index (κ3) is 3.23. The molecule has 1 unspecified atom stereocenters. The molecule has 8 heteroatoms. The molecular formula is C17H17N3O5. The molecule has 0 amide bonds. The molecule has 2 aliphatic heterocycles. The number of fused-ring (bicyclic) bond motifs is 1. The molecule has 0 saturated carbocycles. The number of hydrogen-bond donors (Lipinski definition) is 1. The van der Waals surface area contributed by atoms with Crippen LogP contribution in [0.3, 0.4) is 0 Å². The first kappa shape index (κ1) is 16.7. The maximum atomic E-state index is 11.3. The Kier molecular flexibility index (Phi) is 4.26. The molecule has 130 valence electrons. The van der Waals surface area contributed by atoms with Crippen LogP contribution in [0.2, 0.25) is 0 Å². The Morgan fingerprint density at radius 1 is 1.52 bits per heavy atom. The molecule has 0 aromatic carbocycles. The number of carboxylic acids is 1. The molecular weight excluding hydrogens is 326 g/mol. The van der Waals surface area contributed by atoms with Gasteiger partial charge in [0.15, 0.2) is 6.29 Å². The number of hydrogen-bond acceptors (Lipinski definition) is 7. The Balaban J connectivity index is 1.78. The highest BCUT2D eigenvalue weighted by Gasteiger charge is 2.39. The van der Waals surface area contributed by atoms with Gasteiger partial charge in [0, 0.05) is 12.3 Å². The monoisotopic (exact) mass is 343 g/mol. The number of allylic oxidation sites excluding steroid dienone is 2. The van der Waals surface area contributed by atoms with Crippen molar-refractivity contribution in [2.24, 2.45) is 4.99 Å². The average Bonchev–Trinajstić information content (AvgIpc) is 2.96. The molecule has 0 radical (unpaired) electrons. The number of rotatable bonds is 6. The summed E-state index contributed by atoms with van der Waals surface area (Å²) < 4.78 is 10.7. The first-order valence-corrected chi connectivity index (χ1v) is 7.56. The number of aldehydes is 1. The Morgan fingerprint density at radius 2 is 2.32 bits per heavy atom. The second kappa shape index (κ2) is 6.39. The van der Waals surface area contributed by atoms with Gasteiger partial charge in [0.1, 0.15) is 29.3 Å². The van der Waals surface area contributed by atoms with E-state index in [2.05, 4.69) is 9.98 Å². The van der Waals surface area contributed by atoms with E-state index in [1.54, 1.807) is 17.2 Å². The van der Waals surface area contributed by atoms with Crippen LogP contribution in [0.1, 0.15) is 17.3 Å². The quantitative estimate of drug-likeness (QED) is 0.777. The van der Waals surface area contributed by atoms with E-state index < -0.39 is 11.5 Å². The summed E-state index contributed by atoms with van der Waals surface area (Å²) in [5.41, 5.74) is -0.186. The van der Waals surface area contributed by atoms with Crippen molar-refractivity contribution < 1.29 is 24.2 Å². The van der Waals surface area contributed by atoms with Gasteiger partial charge in [0.25, 0.3) is 0 Å². The zero-order valence-corrected chi connectivity index (χ0v) is 13.8. The molecule has 1 atom stereocenters. The number of nitrogens with zero attached hydrogens (tertiary/aromatic N) is 3. The molecule has 8 nitrogen and oxygen atoms in total. The average molecular weight is 343 g/mol. The predicted octanol–water partition coefficient (Wildman–Crippen LogP) is 1.29. The van der Waals surface area contributed by atoms with Crippen molar-refractivity contribution in [1.29, 1.82) is 0 Å². The van der Waals surface area contributed by atoms with Crippen molar-refractivity contribution in [2.75, 3.05) is 20.3 Å². The van der Waals surface area contributed by atoms with Crippen molar-refractivity contribution in [3.8, 4) is 11.6 Å². The fourth-order valence-corrected chi connectivity index (χ4v) is 2.69. The summed E-state index contributed by atoms with van der Waals surface area (Å²) in [6.07, 6.45) is 7.06. The molecule has 0 fully saturated rings. The number of carbonyl (C=O) groups is 2. The standard InChI is InChI=1S/C17H17N3O5/c1-17(9-20-5-3-4-12(16(22)23)15(20)19-17)10-25-13-7-18-14(24-2)6-11(13)8-21/h3-8H,9-10H2,1-2H3,(H,22,23). The summed E-state index contributed by atoms with van der Waals surface area (Å²) >= 11 is 0. The molecule has 0 spiro atoms. The molecule has 1 aromatic rings. The van der Waals surface area contributed by atoms with Gasteiger partial charge in [-0.15, -0.1) is 0 Å². The lowest BCUT2D eigenvalue weighted by Gasteiger charge is -2.23. The van der Waals surface area contributed by atoms with E-state index in [0.29, 0.717) is 35.9 Å². The van der Waals surface area contributed by atoms with Gasteiger partial charge < -0.3 is 19.5 Å². The number of ether oxygens (including phenoxy) is 2. The summed E-state index contributed by atoms with van der Waals surface area (Å²) in [5, 5.41) is 9.28. The van der Waals surface area contributed by atoms with E-state index in [0.717, 1.165) is 0 Å². The van der Waals surface area contributed by atoms with Crippen LogP contribution in [-0.4, -0.2) is 58.9 Å². The third-order valence-electron chi connectivity index (χ3n) is 3.91. The minimum absolute atomic E-state index is 0.144. The van der Waals surface area contributed by atoms with E-state index in [1.807, 2.05) is 6.92 Å². The molecule has 1 N–H and O–H groups in total. The smallest absolute Gasteiger partial charge is 0.339 e. The summed E-state index contributed by atoms with van der Waals surface area (Å²) in [6, 6.07) is 1.49. The number of carboxylic acid groups (broad SMARTS) is 1. The topological polar surface area (TPSA) is 101 Å². The molecule has 3 heterocycles.